The topological polar surface area (TPSA) is 73.2 Å². The van der Waals surface area contributed by atoms with Gasteiger partial charge in [0.2, 0.25) is 0 Å². The number of aromatic nitrogens is 2. The maximum absolute atomic E-state index is 12.6. The van der Waals surface area contributed by atoms with Crippen LogP contribution < -0.4 is 4.72 Å². The molecule has 1 aromatic carbocycles. The van der Waals surface area contributed by atoms with Gasteiger partial charge in [-0.3, -0.25) is 9.40 Å². The molecule has 1 aliphatic rings. The highest BCUT2D eigenvalue weighted by molar-refractivity contribution is 7.92. The van der Waals surface area contributed by atoms with E-state index in [1.807, 2.05) is 12.1 Å². The fourth-order valence-corrected chi connectivity index (χ4v) is 4.05. The number of rotatable bonds is 8. The maximum atomic E-state index is 12.6. The summed E-state index contributed by atoms with van der Waals surface area (Å²) in [4.78, 5) is 0.262. The lowest BCUT2D eigenvalue weighted by molar-refractivity contribution is 0.0940. The Labute approximate surface area is 155 Å². The molecule has 142 valence electrons. The van der Waals surface area contributed by atoms with Gasteiger partial charge >= 0.3 is 0 Å². The fraction of sp³-hybridized carbons (Fsp3) is 0.526. The van der Waals surface area contributed by atoms with Gasteiger partial charge in [0.25, 0.3) is 10.0 Å². The molecule has 1 aromatic heterocycles. The molecule has 1 N–H and O–H groups in total. The molecule has 0 aliphatic carbocycles. The Morgan fingerprint density at radius 3 is 2.73 bits per heavy atom. The SMILES string of the molecule is CC(C)CCc1ccc(S(=O)(=O)Nc2cnn(CC3CCCO3)c2)cc1. The summed E-state index contributed by atoms with van der Waals surface area (Å²) in [6.45, 7) is 5.80. The summed E-state index contributed by atoms with van der Waals surface area (Å²) < 4.78 is 35.0. The highest BCUT2D eigenvalue weighted by atomic mass is 32.2. The molecule has 0 spiro atoms. The van der Waals surface area contributed by atoms with Crippen molar-refractivity contribution in [2.24, 2.45) is 5.92 Å². The zero-order chi connectivity index (χ0) is 18.6. The number of hydrogen-bond acceptors (Lipinski definition) is 4. The van der Waals surface area contributed by atoms with E-state index in [1.54, 1.807) is 23.0 Å². The molecular weight excluding hydrogens is 350 g/mol. The Morgan fingerprint density at radius 1 is 1.31 bits per heavy atom. The highest BCUT2D eigenvalue weighted by Gasteiger charge is 2.18. The number of hydrogen-bond donors (Lipinski definition) is 1. The van der Waals surface area contributed by atoms with E-state index >= 15 is 0 Å². The van der Waals surface area contributed by atoms with Gasteiger partial charge in [0.1, 0.15) is 0 Å². The monoisotopic (exact) mass is 377 g/mol. The molecular formula is C19H27N3O3S. The smallest absolute Gasteiger partial charge is 0.261 e. The van der Waals surface area contributed by atoms with Crippen LogP contribution in [0.5, 0.6) is 0 Å². The number of ether oxygens (including phenoxy) is 1. The standard InChI is InChI=1S/C19H27N3O3S/c1-15(2)5-6-16-7-9-19(10-8-16)26(23,24)21-17-12-20-22(13-17)14-18-4-3-11-25-18/h7-10,12-13,15,18,21H,3-6,11,14H2,1-2H3. The number of benzene rings is 1. The normalized spacial score (nSPS) is 17.7. The van der Waals surface area contributed by atoms with E-state index < -0.39 is 10.0 Å². The van der Waals surface area contributed by atoms with E-state index in [2.05, 4.69) is 23.7 Å². The van der Waals surface area contributed by atoms with Crippen LogP contribution >= 0.6 is 0 Å². The molecule has 26 heavy (non-hydrogen) atoms. The Morgan fingerprint density at radius 2 is 2.08 bits per heavy atom. The lowest BCUT2D eigenvalue weighted by atomic mass is 10.0. The van der Waals surface area contributed by atoms with Gasteiger partial charge in [0.15, 0.2) is 0 Å². The van der Waals surface area contributed by atoms with Crippen LogP contribution in [0.15, 0.2) is 41.6 Å². The molecule has 1 saturated heterocycles. The van der Waals surface area contributed by atoms with Crippen LogP contribution in [0.3, 0.4) is 0 Å². The van der Waals surface area contributed by atoms with Crippen molar-refractivity contribution in [3.8, 4) is 0 Å². The second kappa shape index (κ2) is 8.22. The number of aryl methyl sites for hydroxylation is 1. The molecule has 7 heteroatoms. The molecule has 1 fully saturated rings. The molecule has 2 heterocycles. The summed E-state index contributed by atoms with van der Waals surface area (Å²) in [7, 11) is -3.61. The Bertz CT molecular complexity index is 807. The van der Waals surface area contributed by atoms with Crippen molar-refractivity contribution in [2.75, 3.05) is 11.3 Å². The van der Waals surface area contributed by atoms with Gasteiger partial charge in [0, 0.05) is 12.8 Å². The predicted molar refractivity (Wildman–Crippen MR) is 102 cm³/mol. The maximum Gasteiger partial charge on any atom is 0.261 e. The van der Waals surface area contributed by atoms with Gasteiger partial charge in [-0.15, -0.1) is 0 Å². The van der Waals surface area contributed by atoms with Crippen molar-refractivity contribution in [1.82, 2.24) is 9.78 Å². The molecule has 1 atom stereocenters. The zero-order valence-corrected chi connectivity index (χ0v) is 16.2. The average molecular weight is 378 g/mol. The van der Waals surface area contributed by atoms with Crippen LogP contribution in [0.4, 0.5) is 5.69 Å². The van der Waals surface area contributed by atoms with Gasteiger partial charge in [0.05, 0.1) is 29.4 Å². The molecule has 1 unspecified atom stereocenters. The average Bonchev–Trinajstić information content (AvgIpc) is 3.25. The molecule has 1 aliphatic heterocycles. The van der Waals surface area contributed by atoms with Crippen molar-refractivity contribution < 1.29 is 13.2 Å². The van der Waals surface area contributed by atoms with Crippen molar-refractivity contribution in [3.05, 3.63) is 42.2 Å². The van der Waals surface area contributed by atoms with E-state index in [4.69, 9.17) is 4.74 Å². The molecule has 2 aromatic rings. The first-order valence-corrected chi connectivity index (χ1v) is 10.7. The number of anilines is 1. The van der Waals surface area contributed by atoms with Crippen molar-refractivity contribution in [3.63, 3.8) is 0 Å². The third kappa shape index (κ3) is 5.08. The number of nitrogens with one attached hydrogen (secondary N) is 1. The minimum atomic E-state index is -3.61. The first kappa shape index (κ1) is 18.9. The van der Waals surface area contributed by atoms with Gasteiger partial charge in [-0.25, -0.2) is 8.42 Å². The summed E-state index contributed by atoms with van der Waals surface area (Å²) in [6.07, 6.45) is 7.54. The van der Waals surface area contributed by atoms with Crippen LogP contribution in [0.2, 0.25) is 0 Å². The summed E-state index contributed by atoms with van der Waals surface area (Å²) in [6, 6.07) is 7.10. The van der Waals surface area contributed by atoms with Gasteiger partial charge in [-0.05, 0) is 49.3 Å². The minimum absolute atomic E-state index is 0.165. The van der Waals surface area contributed by atoms with E-state index in [0.717, 1.165) is 37.9 Å². The number of sulfonamides is 1. The lowest BCUT2D eigenvalue weighted by Gasteiger charge is -2.09. The molecule has 6 nitrogen and oxygen atoms in total. The van der Waals surface area contributed by atoms with Gasteiger partial charge in [-0.1, -0.05) is 26.0 Å². The van der Waals surface area contributed by atoms with Crippen molar-refractivity contribution >= 4 is 15.7 Å². The van der Waals surface area contributed by atoms with E-state index in [1.165, 1.54) is 6.20 Å². The summed E-state index contributed by atoms with van der Waals surface area (Å²) in [5, 5.41) is 4.22. The van der Waals surface area contributed by atoms with Crippen LogP contribution in [0, 0.1) is 5.92 Å². The Kier molecular flexibility index (Phi) is 5.98. The predicted octanol–water partition coefficient (Wildman–Crippen LogP) is 3.45. The van der Waals surface area contributed by atoms with E-state index in [-0.39, 0.29) is 11.0 Å². The lowest BCUT2D eigenvalue weighted by Crippen LogP contribution is -2.15. The Hall–Kier alpha value is -1.86. The van der Waals surface area contributed by atoms with E-state index in [9.17, 15) is 8.42 Å². The van der Waals surface area contributed by atoms with Gasteiger partial charge < -0.3 is 4.74 Å². The van der Waals surface area contributed by atoms with E-state index in [0.29, 0.717) is 18.2 Å². The zero-order valence-electron chi connectivity index (χ0n) is 15.4. The molecule has 0 radical (unpaired) electrons. The second-order valence-corrected chi connectivity index (χ2v) is 8.95. The first-order valence-electron chi connectivity index (χ1n) is 9.18. The van der Waals surface area contributed by atoms with Crippen LogP contribution in [0.25, 0.3) is 0 Å². The summed E-state index contributed by atoms with van der Waals surface area (Å²) >= 11 is 0. The van der Waals surface area contributed by atoms with Crippen LogP contribution in [0.1, 0.15) is 38.7 Å². The number of nitrogens with zero attached hydrogens (tertiary/aromatic N) is 2. The fourth-order valence-electron chi connectivity index (χ4n) is 3.02. The third-order valence-corrected chi connectivity index (χ3v) is 5.94. The van der Waals surface area contributed by atoms with Crippen LogP contribution in [-0.2, 0) is 27.7 Å². The molecule has 3 rings (SSSR count). The summed E-state index contributed by atoms with van der Waals surface area (Å²) in [5.41, 5.74) is 1.62. The summed E-state index contributed by atoms with van der Waals surface area (Å²) in [5.74, 6) is 0.631. The molecule has 0 amide bonds. The largest absolute Gasteiger partial charge is 0.376 e. The molecule has 0 bridgehead atoms. The van der Waals surface area contributed by atoms with Gasteiger partial charge in [-0.2, -0.15) is 5.10 Å². The van der Waals surface area contributed by atoms with Crippen molar-refractivity contribution in [2.45, 2.75) is 57.1 Å². The quantitative estimate of drug-likeness (QED) is 0.765. The van der Waals surface area contributed by atoms with Crippen molar-refractivity contribution in [1.29, 1.82) is 0 Å². The highest BCUT2D eigenvalue weighted by Crippen LogP contribution is 2.19. The minimum Gasteiger partial charge on any atom is -0.376 e. The third-order valence-electron chi connectivity index (χ3n) is 4.54. The Balaban J connectivity index is 1.62. The van der Waals surface area contributed by atoms with Crippen LogP contribution in [-0.4, -0.2) is 30.9 Å². The molecule has 0 saturated carbocycles. The first-order chi connectivity index (χ1) is 12.4. The second-order valence-electron chi connectivity index (χ2n) is 7.27.